The molecule has 0 aliphatic rings. The zero-order valence-electron chi connectivity index (χ0n) is 19.2. The molecular formula is C28H23N5O2. The van der Waals surface area contributed by atoms with Crippen molar-refractivity contribution in [1.82, 2.24) is 9.55 Å². The Morgan fingerprint density at radius 1 is 1.00 bits per heavy atom. The highest BCUT2D eigenvalue weighted by atomic mass is 16.5. The van der Waals surface area contributed by atoms with E-state index in [1.165, 1.54) is 6.92 Å². The van der Waals surface area contributed by atoms with Crippen molar-refractivity contribution in [3.05, 3.63) is 107 Å². The van der Waals surface area contributed by atoms with Crippen LogP contribution in [0, 0.1) is 22.7 Å². The SMILES string of the molecule is CC(=O)Nc1cccc(-c2cc(C#N)ccc2COCc2cncn2Cc2ccc(C#N)cc2)c1. The van der Waals surface area contributed by atoms with Crippen LogP contribution in [-0.4, -0.2) is 15.5 Å². The van der Waals surface area contributed by atoms with Crippen LogP contribution in [0.1, 0.15) is 34.9 Å². The molecule has 35 heavy (non-hydrogen) atoms. The first kappa shape index (κ1) is 23.4. The number of nitrogens with one attached hydrogen (secondary N) is 1. The monoisotopic (exact) mass is 461 g/mol. The minimum Gasteiger partial charge on any atom is -0.370 e. The smallest absolute Gasteiger partial charge is 0.221 e. The van der Waals surface area contributed by atoms with Gasteiger partial charge in [-0.05, 0) is 58.7 Å². The number of hydrogen-bond acceptors (Lipinski definition) is 5. The summed E-state index contributed by atoms with van der Waals surface area (Å²) in [5.74, 6) is -0.144. The molecule has 3 aromatic carbocycles. The van der Waals surface area contributed by atoms with E-state index in [0.717, 1.165) is 27.9 Å². The molecular weight excluding hydrogens is 438 g/mol. The summed E-state index contributed by atoms with van der Waals surface area (Å²) in [5, 5.41) is 21.2. The van der Waals surface area contributed by atoms with Crippen LogP contribution in [0.5, 0.6) is 0 Å². The van der Waals surface area contributed by atoms with Crippen LogP contribution in [0.15, 0.2) is 79.3 Å². The van der Waals surface area contributed by atoms with Gasteiger partial charge in [-0.3, -0.25) is 4.79 Å². The Kier molecular flexibility index (Phi) is 7.32. The highest BCUT2D eigenvalue weighted by Crippen LogP contribution is 2.28. The van der Waals surface area contributed by atoms with Crippen molar-refractivity contribution in [3.8, 4) is 23.3 Å². The summed E-state index contributed by atoms with van der Waals surface area (Å²) in [6, 6.07) is 24.8. The lowest BCUT2D eigenvalue weighted by atomic mass is 9.97. The van der Waals surface area contributed by atoms with Crippen LogP contribution in [0.2, 0.25) is 0 Å². The summed E-state index contributed by atoms with van der Waals surface area (Å²) in [5.41, 5.74) is 6.56. The second kappa shape index (κ2) is 10.9. The van der Waals surface area contributed by atoms with Crippen LogP contribution in [0.25, 0.3) is 11.1 Å². The standard InChI is InChI=1S/C28H23N5O2/c1-20(34)32-26-4-2-3-24(12-26)28-11-23(14-30)9-10-25(28)17-35-18-27-15-31-19-33(27)16-22-7-5-21(13-29)6-8-22/h2-12,15,19H,16-18H2,1H3,(H,32,34). The third kappa shape index (κ3) is 6.00. The third-order valence-corrected chi connectivity index (χ3v) is 5.47. The maximum Gasteiger partial charge on any atom is 0.221 e. The van der Waals surface area contributed by atoms with Crippen molar-refractivity contribution >= 4 is 11.6 Å². The highest BCUT2D eigenvalue weighted by Gasteiger charge is 2.10. The molecule has 1 N–H and O–H groups in total. The fourth-order valence-corrected chi connectivity index (χ4v) is 3.77. The Morgan fingerprint density at radius 3 is 2.51 bits per heavy atom. The van der Waals surface area contributed by atoms with Gasteiger partial charge in [0.15, 0.2) is 0 Å². The zero-order chi connectivity index (χ0) is 24.6. The van der Waals surface area contributed by atoms with Gasteiger partial charge in [0.2, 0.25) is 5.91 Å². The van der Waals surface area contributed by atoms with Gasteiger partial charge in [-0.25, -0.2) is 4.98 Å². The number of nitriles is 2. The van der Waals surface area contributed by atoms with E-state index >= 15 is 0 Å². The molecule has 0 aliphatic carbocycles. The molecule has 1 aromatic heterocycles. The van der Waals surface area contributed by atoms with Gasteiger partial charge in [0.1, 0.15) is 0 Å². The van der Waals surface area contributed by atoms with E-state index in [4.69, 9.17) is 10.00 Å². The number of benzene rings is 3. The molecule has 4 aromatic rings. The first-order valence-corrected chi connectivity index (χ1v) is 11.0. The normalized spacial score (nSPS) is 10.4. The summed E-state index contributed by atoms with van der Waals surface area (Å²) >= 11 is 0. The minimum atomic E-state index is -0.144. The lowest BCUT2D eigenvalue weighted by Gasteiger charge is -2.13. The Bertz CT molecular complexity index is 1420. The van der Waals surface area contributed by atoms with Gasteiger partial charge in [-0.2, -0.15) is 10.5 Å². The molecule has 7 heteroatoms. The highest BCUT2D eigenvalue weighted by molar-refractivity contribution is 5.89. The lowest BCUT2D eigenvalue weighted by Crippen LogP contribution is -2.06. The van der Waals surface area contributed by atoms with Crippen molar-refractivity contribution in [2.45, 2.75) is 26.7 Å². The fourth-order valence-electron chi connectivity index (χ4n) is 3.77. The summed E-state index contributed by atoms with van der Waals surface area (Å²) < 4.78 is 8.06. The van der Waals surface area contributed by atoms with E-state index in [2.05, 4.69) is 22.4 Å². The number of ether oxygens (including phenoxy) is 1. The average molecular weight is 462 g/mol. The average Bonchev–Trinajstić information content (AvgIpc) is 3.31. The van der Waals surface area contributed by atoms with Crippen LogP contribution < -0.4 is 5.32 Å². The third-order valence-electron chi connectivity index (χ3n) is 5.47. The Labute approximate surface area is 203 Å². The van der Waals surface area contributed by atoms with E-state index < -0.39 is 0 Å². The predicted molar refractivity (Wildman–Crippen MR) is 132 cm³/mol. The molecule has 0 atom stereocenters. The number of imidazole rings is 1. The molecule has 0 unspecified atom stereocenters. The van der Waals surface area contributed by atoms with E-state index in [0.29, 0.717) is 36.6 Å². The van der Waals surface area contributed by atoms with Gasteiger partial charge in [-0.15, -0.1) is 0 Å². The molecule has 0 radical (unpaired) electrons. The van der Waals surface area contributed by atoms with Crippen LogP contribution in [-0.2, 0) is 29.3 Å². The number of hydrogen-bond donors (Lipinski definition) is 1. The van der Waals surface area contributed by atoms with Crippen molar-refractivity contribution in [2.75, 3.05) is 5.32 Å². The van der Waals surface area contributed by atoms with Gasteiger partial charge in [-0.1, -0.05) is 30.3 Å². The van der Waals surface area contributed by atoms with Crippen molar-refractivity contribution < 1.29 is 9.53 Å². The number of aromatic nitrogens is 2. The van der Waals surface area contributed by atoms with Gasteiger partial charge in [0.25, 0.3) is 0 Å². The number of carbonyl (C=O) groups excluding carboxylic acids is 1. The van der Waals surface area contributed by atoms with E-state index in [9.17, 15) is 10.1 Å². The van der Waals surface area contributed by atoms with E-state index in [-0.39, 0.29) is 5.91 Å². The molecule has 4 rings (SSSR count). The van der Waals surface area contributed by atoms with Crippen LogP contribution in [0.3, 0.4) is 0 Å². The molecule has 0 saturated carbocycles. The molecule has 0 saturated heterocycles. The van der Waals surface area contributed by atoms with E-state index in [1.807, 2.05) is 53.1 Å². The lowest BCUT2D eigenvalue weighted by molar-refractivity contribution is -0.114. The second-order valence-corrected chi connectivity index (χ2v) is 8.06. The first-order valence-electron chi connectivity index (χ1n) is 11.0. The van der Waals surface area contributed by atoms with Gasteiger partial charge in [0.05, 0.1) is 54.7 Å². The summed E-state index contributed by atoms with van der Waals surface area (Å²) in [6.07, 6.45) is 3.54. The van der Waals surface area contributed by atoms with Crippen LogP contribution >= 0.6 is 0 Å². The molecule has 0 spiro atoms. The van der Waals surface area contributed by atoms with Crippen LogP contribution in [0.4, 0.5) is 5.69 Å². The quantitative estimate of drug-likeness (QED) is 0.397. The summed E-state index contributed by atoms with van der Waals surface area (Å²) in [6.45, 7) is 2.80. The Hall–Kier alpha value is -4.72. The summed E-state index contributed by atoms with van der Waals surface area (Å²) in [7, 11) is 0. The Balaban J connectivity index is 1.49. The van der Waals surface area contributed by atoms with Crippen molar-refractivity contribution in [2.24, 2.45) is 0 Å². The molecule has 0 bridgehead atoms. The minimum absolute atomic E-state index is 0.144. The summed E-state index contributed by atoms with van der Waals surface area (Å²) in [4.78, 5) is 15.7. The molecule has 172 valence electrons. The molecule has 1 amide bonds. The van der Waals surface area contributed by atoms with E-state index in [1.54, 1.807) is 30.7 Å². The van der Waals surface area contributed by atoms with Gasteiger partial charge >= 0.3 is 0 Å². The van der Waals surface area contributed by atoms with Gasteiger partial charge < -0.3 is 14.6 Å². The fraction of sp³-hybridized carbons (Fsp3) is 0.143. The second-order valence-electron chi connectivity index (χ2n) is 8.06. The molecule has 7 nitrogen and oxygen atoms in total. The largest absolute Gasteiger partial charge is 0.370 e. The molecule has 1 heterocycles. The van der Waals surface area contributed by atoms with Crippen molar-refractivity contribution in [3.63, 3.8) is 0 Å². The number of anilines is 1. The number of amides is 1. The van der Waals surface area contributed by atoms with Crippen molar-refractivity contribution in [1.29, 1.82) is 10.5 Å². The first-order chi connectivity index (χ1) is 17.1. The molecule has 0 fully saturated rings. The zero-order valence-corrected chi connectivity index (χ0v) is 19.2. The maximum absolute atomic E-state index is 11.5. The Morgan fingerprint density at radius 2 is 1.77 bits per heavy atom. The number of carbonyl (C=O) groups is 1. The predicted octanol–water partition coefficient (Wildman–Crippen LogP) is 5.02. The number of nitrogens with zero attached hydrogens (tertiary/aromatic N) is 4. The topological polar surface area (TPSA) is 104 Å². The maximum atomic E-state index is 11.5. The molecule has 0 aliphatic heterocycles. The number of rotatable bonds is 8. The van der Waals surface area contributed by atoms with Gasteiger partial charge in [0, 0.05) is 19.2 Å².